The Balaban J connectivity index is 1.54. The van der Waals surface area contributed by atoms with Crippen LogP contribution in [0.15, 0.2) is 35.7 Å². The summed E-state index contributed by atoms with van der Waals surface area (Å²) < 4.78 is 3.98. The molecule has 1 aliphatic heterocycles. The smallest absolute Gasteiger partial charge is 0.182 e. The summed E-state index contributed by atoms with van der Waals surface area (Å²) in [6, 6.07) is 5.72. The lowest BCUT2D eigenvalue weighted by Gasteiger charge is -2.08. The molecular weight excluding hydrogens is 360 g/mol. The van der Waals surface area contributed by atoms with Crippen LogP contribution in [0.2, 0.25) is 0 Å². The number of hydrogen-bond donors (Lipinski definition) is 1. The number of rotatable bonds is 4. The van der Waals surface area contributed by atoms with Gasteiger partial charge in [-0.2, -0.15) is 5.10 Å². The molecule has 0 saturated heterocycles. The number of aromatic nitrogens is 7. The van der Waals surface area contributed by atoms with Gasteiger partial charge in [-0.3, -0.25) is 9.67 Å². The number of fused-ring (bicyclic) bond motifs is 2. The topological polar surface area (TPSA) is 86.3 Å². The fraction of sp³-hybridized carbons (Fsp3) is 0.278. The summed E-state index contributed by atoms with van der Waals surface area (Å²) in [7, 11) is 1.89. The summed E-state index contributed by atoms with van der Waals surface area (Å²) in [5.74, 6) is 2.44. The van der Waals surface area contributed by atoms with Gasteiger partial charge in [0.05, 0.1) is 23.3 Å². The summed E-state index contributed by atoms with van der Waals surface area (Å²) in [5.41, 5.74) is 3.42. The van der Waals surface area contributed by atoms with Gasteiger partial charge in [-0.05, 0) is 19.1 Å². The summed E-state index contributed by atoms with van der Waals surface area (Å²) >= 11 is 1.80. The molecule has 4 aromatic heterocycles. The van der Waals surface area contributed by atoms with Crippen molar-refractivity contribution in [1.29, 1.82) is 0 Å². The van der Waals surface area contributed by atoms with Gasteiger partial charge in [0.2, 0.25) is 0 Å². The number of pyridine rings is 1. The number of aryl methyl sites for hydroxylation is 3. The van der Waals surface area contributed by atoms with E-state index < -0.39 is 0 Å². The predicted octanol–water partition coefficient (Wildman–Crippen LogP) is 2.65. The van der Waals surface area contributed by atoms with E-state index >= 15 is 0 Å². The minimum Gasteiger partial charge on any atom is -0.364 e. The summed E-state index contributed by atoms with van der Waals surface area (Å²) in [6.07, 6.45) is 3.85. The lowest BCUT2D eigenvalue weighted by molar-refractivity contribution is 0.719. The molecule has 1 N–H and O–H groups in total. The van der Waals surface area contributed by atoms with E-state index in [0.717, 1.165) is 51.4 Å². The first-order valence-corrected chi connectivity index (χ1v) is 9.73. The first-order valence-electron chi connectivity index (χ1n) is 8.74. The number of nitrogens with zero attached hydrogens (tertiary/aromatic N) is 7. The van der Waals surface area contributed by atoms with Gasteiger partial charge in [0.1, 0.15) is 11.5 Å². The standard InChI is InChI=1S/C18H18N8S/c1-11-14-16(20-9-12-10-26-7-8-27-18(26)21-12)22-15(13-5-3-4-6-19-13)23-17(14)25(2)24-11/h3-6,10H,7-9H2,1-2H3,(H,20,22,23). The van der Waals surface area contributed by atoms with Crippen LogP contribution in [0.25, 0.3) is 22.6 Å². The Hall–Kier alpha value is -2.94. The summed E-state index contributed by atoms with van der Waals surface area (Å²) in [4.78, 5) is 18.5. The van der Waals surface area contributed by atoms with Crippen LogP contribution in [0.3, 0.4) is 0 Å². The van der Waals surface area contributed by atoms with Crippen molar-refractivity contribution in [1.82, 2.24) is 34.3 Å². The Kier molecular flexibility index (Phi) is 3.82. The van der Waals surface area contributed by atoms with E-state index in [9.17, 15) is 0 Å². The van der Waals surface area contributed by atoms with Gasteiger partial charge in [0.25, 0.3) is 0 Å². The second-order valence-electron chi connectivity index (χ2n) is 6.43. The highest BCUT2D eigenvalue weighted by Gasteiger charge is 2.18. The quantitative estimate of drug-likeness (QED) is 0.584. The molecule has 0 atom stereocenters. The molecule has 0 unspecified atom stereocenters. The van der Waals surface area contributed by atoms with Crippen LogP contribution >= 0.6 is 11.8 Å². The lowest BCUT2D eigenvalue weighted by Crippen LogP contribution is -2.06. The predicted molar refractivity (Wildman–Crippen MR) is 105 cm³/mol. The van der Waals surface area contributed by atoms with Crippen molar-refractivity contribution in [3.05, 3.63) is 42.0 Å². The summed E-state index contributed by atoms with van der Waals surface area (Å²) in [5, 5.41) is 9.97. The second-order valence-corrected chi connectivity index (χ2v) is 7.49. The fourth-order valence-corrected chi connectivity index (χ4v) is 4.26. The molecule has 0 radical (unpaired) electrons. The maximum atomic E-state index is 4.75. The van der Waals surface area contributed by atoms with Crippen LogP contribution in [0.4, 0.5) is 5.82 Å². The van der Waals surface area contributed by atoms with E-state index in [0.29, 0.717) is 12.4 Å². The van der Waals surface area contributed by atoms with Crippen LogP contribution < -0.4 is 5.32 Å². The van der Waals surface area contributed by atoms with Crippen molar-refractivity contribution in [2.24, 2.45) is 7.05 Å². The number of anilines is 1. The molecule has 0 aliphatic carbocycles. The zero-order valence-electron chi connectivity index (χ0n) is 15.0. The molecule has 27 heavy (non-hydrogen) atoms. The minimum absolute atomic E-state index is 0.580. The van der Waals surface area contributed by atoms with Crippen LogP contribution in [-0.4, -0.2) is 40.0 Å². The third-order valence-electron chi connectivity index (χ3n) is 4.54. The Morgan fingerprint density at radius 1 is 1.22 bits per heavy atom. The number of hydrogen-bond acceptors (Lipinski definition) is 7. The molecular formula is C18H18N8S. The SMILES string of the molecule is Cc1nn(C)c2nc(-c3ccccn3)nc(NCc3cn4c(n3)SCC4)c12. The molecule has 5 heterocycles. The van der Waals surface area contributed by atoms with Crippen molar-refractivity contribution < 1.29 is 0 Å². The third kappa shape index (κ3) is 2.84. The average molecular weight is 378 g/mol. The largest absolute Gasteiger partial charge is 0.364 e. The molecule has 136 valence electrons. The molecule has 8 nitrogen and oxygen atoms in total. The van der Waals surface area contributed by atoms with E-state index in [-0.39, 0.29) is 0 Å². The van der Waals surface area contributed by atoms with Gasteiger partial charge in [0.15, 0.2) is 16.6 Å². The maximum Gasteiger partial charge on any atom is 0.182 e. The molecule has 4 aromatic rings. The average Bonchev–Trinajstić information content (AvgIpc) is 3.35. The van der Waals surface area contributed by atoms with Crippen molar-refractivity contribution in [2.45, 2.75) is 25.2 Å². The van der Waals surface area contributed by atoms with Crippen LogP contribution in [-0.2, 0) is 20.1 Å². The van der Waals surface area contributed by atoms with Crippen LogP contribution in [0.1, 0.15) is 11.4 Å². The van der Waals surface area contributed by atoms with E-state index in [1.807, 2.05) is 32.2 Å². The highest BCUT2D eigenvalue weighted by Crippen LogP contribution is 2.28. The minimum atomic E-state index is 0.580. The van der Waals surface area contributed by atoms with Gasteiger partial charge in [-0.25, -0.2) is 15.0 Å². The number of imidazole rings is 1. The van der Waals surface area contributed by atoms with Crippen molar-refractivity contribution >= 4 is 28.6 Å². The molecule has 0 bridgehead atoms. The molecule has 5 rings (SSSR count). The third-order valence-corrected chi connectivity index (χ3v) is 5.51. The molecule has 0 amide bonds. The van der Waals surface area contributed by atoms with Crippen molar-refractivity contribution in [3.8, 4) is 11.5 Å². The van der Waals surface area contributed by atoms with Gasteiger partial charge >= 0.3 is 0 Å². The zero-order chi connectivity index (χ0) is 18.4. The van der Waals surface area contributed by atoms with E-state index in [2.05, 4.69) is 36.1 Å². The second kappa shape index (κ2) is 6.34. The first-order chi connectivity index (χ1) is 13.2. The van der Waals surface area contributed by atoms with E-state index in [4.69, 9.17) is 4.98 Å². The lowest BCUT2D eigenvalue weighted by atomic mass is 10.2. The van der Waals surface area contributed by atoms with Crippen LogP contribution in [0, 0.1) is 6.92 Å². The van der Waals surface area contributed by atoms with Crippen molar-refractivity contribution in [3.63, 3.8) is 0 Å². The van der Waals surface area contributed by atoms with Gasteiger partial charge in [-0.15, -0.1) is 0 Å². The molecule has 0 fully saturated rings. The monoisotopic (exact) mass is 378 g/mol. The number of thioether (sulfide) groups is 1. The Labute approximate surface area is 160 Å². The van der Waals surface area contributed by atoms with Gasteiger partial charge in [-0.1, -0.05) is 17.8 Å². The maximum absolute atomic E-state index is 4.75. The first kappa shape index (κ1) is 16.2. The molecule has 0 spiro atoms. The van der Waals surface area contributed by atoms with E-state index in [1.165, 1.54) is 0 Å². The Morgan fingerprint density at radius 3 is 2.96 bits per heavy atom. The molecule has 1 aliphatic rings. The van der Waals surface area contributed by atoms with Crippen LogP contribution in [0.5, 0.6) is 0 Å². The fourth-order valence-electron chi connectivity index (χ4n) is 3.30. The van der Waals surface area contributed by atoms with Crippen molar-refractivity contribution in [2.75, 3.05) is 11.1 Å². The normalized spacial score (nSPS) is 13.3. The van der Waals surface area contributed by atoms with Gasteiger partial charge < -0.3 is 9.88 Å². The Bertz CT molecular complexity index is 1110. The Morgan fingerprint density at radius 2 is 2.15 bits per heavy atom. The zero-order valence-corrected chi connectivity index (χ0v) is 15.9. The van der Waals surface area contributed by atoms with E-state index in [1.54, 1.807) is 22.6 Å². The molecule has 0 aromatic carbocycles. The number of nitrogens with one attached hydrogen (secondary N) is 1. The molecule has 0 saturated carbocycles. The summed E-state index contributed by atoms with van der Waals surface area (Å²) in [6.45, 7) is 3.60. The highest BCUT2D eigenvalue weighted by molar-refractivity contribution is 7.99. The van der Waals surface area contributed by atoms with Gasteiger partial charge in [0, 0.05) is 31.7 Å². The molecule has 9 heteroatoms. The highest BCUT2D eigenvalue weighted by atomic mass is 32.2.